The zero-order chi connectivity index (χ0) is 18.5. The van der Waals surface area contributed by atoms with Gasteiger partial charge in [-0.3, -0.25) is 9.69 Å². The maximum Gasteiger partial charge on any atom is 0.409 e. The Morgan fingerprint density at radius 1 is 1.19 bits per heavy atom. The molecule has 0 saturated carbocycles. The van der Waals surface area contributed by atoms with Crippen molar-refractivity contribution >= 4 is 33.6 Å². The van der Waals surface area contributed by atoms with Gasteiger partial charge in [-0.15, -0.1) is 11.3 Å². The monoisotopic (exact) mass is 376 g/mol. The molecular formula is C18H24N4O3S. The smallest absolute Gasteiger partial charge is 0.409 e. The third-order valence-electron chi connectivity index (χ3n) is 4.31. The van der Waals surface area contributed by atoms with Crippen molar-refractivity contribution in [3.63, 3.8) is 0 Å². The van der Waals surface area contributed by atoms with Gasteiger partial charge < -0.3 is 14.5 Å². The number of nitrogens with zero attached hydrogens (tertiary/aromatic N) is 4. The Bertz CT molecular complexity index is 738. The van der Waals surface area contributed by atoms with E-state index in [1.165, 1.54) is 0 Å². The molecule has 1 aliphatic heterocycles. The summed E-state index contributed by atoms with van der Waals surface area (Å²) in [6, 6.07) is 8.05. The molecule has 2 heterocycles. The molecule has 1 fully saturated rings. The quantitative estimate of drug-likeness (QED) is 0.799. The number of amides is 2. The van der Waals surface area contributed by atoms with Crippen LogP contribution in [0.15, 0.2) is 24.3 Å². The third kappa shape index (κ3) is 4.50. The number of benzene rings is 1. The fourth-order valence-electron chi connectivity index (χ4n) is 2.96. The second-order valence-corrected chi connectivity index (χ2v) is 7.43. The average Bonchev–Trinajstić information content (AvgIpc) is 3.04. The highest BCUT2D eigenvalue weighted by Crippen LogP contribution is 2.22. The van der Waals surface area contributed by atoms with Crippen molar-refractivity contribution in [2.75, 3.05) is 46.4 Å². The fraction of sp³-hybridized carbons (Fsp3) is 0.500. The minimum absolute atomic E-state index is 0.0807. The van der Waals surface area contributed by atoms with Crippen LogP contribution < -0.4 is 0 Å². The molecule has 1 aliphatic rings. The van der Waals surface area contributed by atoms with Gasteiger partial charge in [0.2, 0.25) is 5.91 Å². The zero-order valence-electron chi connectivity index (χ0n) is 15.2. The first-order valence-electron chi connectivity index (χ1n) is 8.79. The lowest BCUT2D eigenvalue weighted by Gasteiger charge is -2.34. The number of carbonyl (C=O) groups excluding carboxylic acids is 2. The lowest BCUT2D eigenvalue weighted by atomic mass is 10.3. The van der Waals surface area contributed by atoms with Crippen LogP contribution >= 0.6 is 11.3 Å². The van der Waals surface area contributed by atoms with Crippen LogP contribution in [-0.4, -0.2) is 78.1 Å². The minimum Gasteiger partial charge on any atom is -0.450 e. The summed E-state index contributed by atoms with van der Waals surface area (Å²) in [5.74, 6) is 0.0807. The summed E-state index contributed by atoms with van der Waals surface area (Å²) in [6.07, 6.45) is -0.299. The van der Waals surface area contributed by atoms with Crippen LogP contribution in [0.3, 0.4) is 0 Å². The van der Waals surface area contributed by atoms with E-state index in [4.69, 9.17) is 4.74 Å². The van der Waals surface area contributed by atoms with E-state index in [-0.39, 0.29) is 12.0 Å². The number of carbonyl (C=O) groups is 2. The van der Waals surface area contributed by atoms with Gasteiger partial charge in [0.15, 0.2) is 0 Å². The van der Waals surface area contributed by atoms with Crippen molar-refractivity contribution in [1.82, 2.24) is 19.7 Å². The van der Waals surface area contributed by atoms with Gasteiger partial charge in [0.25, 0.3) is 0 Å². The number of piperazine rings is 1. The molecule has 1 saturated heterocycles. The first-order valence-corrected chi connectivity index (χ1v) is 9.61. The Balaban J connectivity index is 1.48. The van der Waals surface area contributed by atoms with Crippen LogP contribution in [0.4, 0.5) is 4.79 Å². The minimum atomic E-state index is -0.299. The van der Waals surface area contributed by atoms with Crippen molar-refractivity contribution in [1.29, 1.82) is 0 Å². The molecule has 7 nitrogen and oxygen atoms in total. The lowest BCUT2D eigenvalue weighted by molar-refractivity contribution is -0.133. The predicted molar refractivity (Wildman–Crippen MR) is 101 cm³/mol. The molecule has 1 aromatic carbocycles. The number of fused-ring (bicyclic) bond motifs is 1. The molecule has 26 heavy (non-hydrogen) atoms. The molecule has 0 radical (unpaired) electrons. The predicted octanol–water partition coefficient (Wildman–Crippen LogP) is 2.03. The van der Waals surface area contributed by atoms with Crippen LogP contribution in [-0.2, 0) is 16.1 Å². The highest BCUT2D eigenvalue weighted by atomic mass is 32.1. The van der Waals surface area contributed by atoms with Crippen molar-refractivity contribution in [2.24, 2.45) is 0 Å². The molecule has 0 spiro atoms. The van der Waals surface area contributed by atoms with Gasteiger partial charge in [0.1, 0.15) is 5.01 Å². The first-order chi connectivity index (χ1) is 12.6. The molecule has 140 valence electrons. The molecule has 3 rings (SSSR count). The number of aromatic nitrogens is 1. The summed E-state index contributed by atoms with van der Waals surface area (Å²) in [4.78, 5) is 34.3. The Morgan fingerprint density at radius 2 is 1.88 bits per heavy atom. The summed E-state index contributed by atoms with van der Waals surface area (Å²) < 4.78 is 6.17. The number of para-hydroxylation sites is 1. The van der Waals surface area contributed by atoms with Crippen LogP contribution in [0.25, 0.3) is 10.2 Å². The van der Waals surface area contributed by atoms with E-state index < -0.39 is 0 Å². The van der Waals surface area contributed by atoms with E-state index in [1.54, 1.807) is 23.2 Å². The van der Waals surface area contributed by atoms with Crippen LogP contribution in [0.1, 0.15) is 11.9 Å². The van der Waals surface area contributed by atoms with Crippen LogP contribution in [0.2, 0.25) is 0 Å². The molecule has 2 amide bonds. The molecule has 8 heteroatoms. The van der Waals surface area contributed by atoms with Crippen molar-refractivity contribution in [2.45, 2.75) is 13.5 Å². The van der Waals surface area contributed by atoms with Crippen LogP contribution in [0, 0.1) is 0 Å². The summed E-state index contributed by atoms with van der Waals surface area (Å²) in [5, 5.41) is 1.01. The van der Waals surface area contributed by atoms with Gasteiger partial charge in [-0.2, -0.15) is 0 Å². The first kappa shape index (κ1) is 18.6. The van der Waals surface area contributed by atoms with Gasteiger partial charge in [0, 0.05) is 26.2 Å². The summed E-state index contributed by atoms with van der Waals surface area (Å²) in [5.41, 5.74) is 1.00. The van der Waals surface area contributed by atoms with E-state index >= 15 is 0 Å². The second kappa shape index (κ2) is 8.46. The largest absolute Gasteiger partial charge is 0.450 e. The molecule has 2 aromatic rings. The third-order valence-corrected chi connectivity index (χ3v) is 5.33. The van der Waals surface area contributed by atoms with E-state index in [0.717, 1.165) is 15.2 Å². The maximum atomic E-state index is 12.5. The van der Waals surface area contributed by atoms with E-state index in [2.05, 4.69) is 11.1 Å². The SMILES string of the molecule is CCOC(=O)N1CCN(C(=O)CN(C)Cc2nc3ccccc3s2)CC1. The van der Waals surface area contributed by atoms with Crippen molar-refractivity contribution < 1.29 is 14.3 Å². The Kier molecular flexibility index (Phi) is 6.05. The Morgan fingerprint density at radius 3 is 2.58 bits per heavy atom. The van der Waals surface area contributed by atoms with Crippen molar-refractivity contribution in [3.8, 4) is 0 Å². The molecule has 1 aromatic heterocycles. The van der Waals surface area contributed by atoms with Gasteiger partial charge in [-0.25, -0.2) is 9.78 Å². The highest BCUT2D eigenvalue weighted by molar-refractivity contribution is 7.18. The number of likely N-dealkylation sites (N-methyl/N-ethyl adjacent to an activating group) is 1. The maximum absolute atomic E-state index is 12.5. The van der Waals surface area contributed by atoms with Gasteiger partial charge in [0.05, 0.1) is 29.9 Å². The molecular weight excluding hydrogens is 352 g/mol. The molecule has 0 N–H and O–H groups in total. The fourth-order valence-corrected chi connectivity index (χ4v) is 4.01. The van der Waals surface area contributed by atoms with Gasteiger partial charge >= 0.3 is 6.09 Å². The van der Waals surface area contributed by atoms with Crippen LogP contribution in [0.5, 0.6) is 0 Å². The number of hydrogen-bond donors (Lipinski definition) is 0. The summed E-state index contributed by atoms with van der Waals surface area (Å²) in [6.45, 7) is 5.29. The average molecular weight is 376 g/mol. The number of thiazole rings is 1. The normalized spacial score (nSPS) is 14.9. The zero-order valence-corrected chi connectivity index (χ0v) is 16.0. The van der Waals surface area contributed by atoms with E-state index in [0.29, 0.717) is 45.9 Å². The Labute approximate surface area is 157 Å². The second-order valence-electron chi connectivity index (χ2n) is 6.31. The molecule has 0 atom stereocenters. The number of hydrogen-bond acceptors (Lipinski definition) is 6. The number of ether oxygens (including phenoxy) is 1. The molecule has 0 unspecified atom stereocenters. The topological polar surface area (TPSA) is 66.0 Å². The van der Waals surface area contributed by atoms with E-state index in [1.807, 2.05) is 35.0 Å². The molecule has 0 aliphatic carbocycles. The standard InChI is InChI=1S/C18H24N4O3S/c1-3-25-18(24)22-10-8-21(9-11-22)17(23)13-20(2)12-16-19-14-6-4-5-7-15(14)26-16/h4-7H,3,8-13H2,1-2H3. The van der Waals surface area contributed by atoms with Crippen molar-refractivity contribution in [3.05, 3.63) is 29.3 Å². The highest BCUT2D eigenvalue weighted by Gasteiger charge is 2.25. The molecule has 0 bridgehead atoms. The number of rotatable bonds is 5. The summed E-state index contributed by atoms with van der Waals surface area (Å²) >= 11 is 1.66. The lowest BCUT2D eigenvalue weighted by Crippen LogP contribution is -2.52. The van der Waals surface area contributed by atoms with E-state index in [9.17, 15) is 9.59 Å². The van der Waals surface area contributed by atoms with Gasteiger partial charge in [-0.05, 0) is 26.1 Å². The van der Waals surface area contributed by atoms with Gasteiger partial charge in [-0.1, -0.05) is 12.1 Å². The summed E-state index contributed by atoms with van der Waals surface area (Å²) in [7, 11) is 1.93. The Hall–Kier alpha value is -2.19.